The Morgan fingerprint density at radius 3 is 2.76 bits per heavy atom. The molecule has 1 aromatic rings. The third-order valence-electron chi connectivity index (χ3n) is 4.53. The van der Waals surface area contributed by atoms with Gasteiger partial charge in [0, 0.05) is 9.26 Å². The first-order chi connectivity index (χ1) is 9.88. The molecule has 0 aromatic heterocycles. The number of allylic oxidation sites excluding steroid dienone is 2. The van der Waals surface area contributed by atoms with E-state index in [-0.39, 0.29) is 12.0 Å². The molecule has 2 rings (SSSR count). The third kappa shape index (κ3) is 3.74. The van der Waals surface area contributed by atoms with Crippen molar-refractivity contribution in [1.29, 1.82) is 0 Å². The van der Waals surface area contributed by atoms with E-state index in [0.29, 0.717) is 0 Å². The fourth-order valence-corrected chi connectivity index (χ4v) is 3.64. The van der Waals surface area contributed by atoms with Crippen LogP contribution in [-0.4, -0.2) is 22.6 Å². The van der Waals surface area contributed by atoms with Gasteiger partial charge in [-0.25, -0.2) is 0 Å². The summed E-state index contributed by atoms with van der Waals surface area (Å²) in [5, 5.41) is 13.4. The van der Waals surface area contributed by atoms with Gasteiger partial charge in [-0.3, -0.25) is 0 Å². The highest BCUT2D eigenvalue weighted by Gasteiger charge is 2.40. The number of halogens is 2. The second-order valence-corrected chi connectivity index (χ2v) is 7.97. The molecule has 0 aliphatic carbocycles. The second-order valence-electron chi connectivity index (χ2n) is 6.19. The average molecular weight is 420 g/mol. The molecule has 0 saturated heterocycles. The minimum absolute atomic E-state index is 0.0582. The molecule has 4 heteroatoms. The Balaban J connectivity index is 2.24. The number of rotatable bonds is 4. The highest BCUT2D eigenvalue weighted by molar-refractivity contribution is 14.1. The minimum atomic E-state index is -0.432. The van der Waals surface area contributed by atoms with Gasteiger partial charge in [-0.2, -0.15) is 0 Å². The van der Waals surface area contributed by atoms with Crippen LogP contribution in [0.2, 0.25) is 0 Å². The number of anilines is 1. The van der Waals surface area contributed by atoms with Gasteiger partial charge in [0.15, 0.2) is 0 Å². The van der Waals surface area contributed by atoms with Gasteiger partial charge < -0.3 is 10.4 Å². The van der Waals surface area contributed by atoms with Gasteiger partial charge in [0.2, 0.25) is 0 Å². The third-order valence-corrected chi connectivity index (χ3v) is 5.77. The summed E-state index contributed by atoms with van der Waals surface area (Å²) in [5.74, 6) is 0. The molecule has 1 aliphatic rings. The van der Waals surface area contributed by atoms with E-state index in [0.717, 1.165) is 24.9 Å². The number of alkyl halides is 1. The van der Waals surface area contributed by atoms with Crippen molar-refractivity contribution in [3.05, 3.63) is 38.5 Å². The zero-order chi connectivity index (χ0) is 15.6. The predicted molar refractivity (Wildman–Crippen MR) is 99.2 cm³/mol. The number of aliphatic hydroxyl groups excluding tert-OH is 1. The number of aliphatic hydroxyl groups is 1. The van der Waals surface area contributed by atoms with Crippen LogP contribution in [0.3, 0.4) is 0 Å². The normalized spacial score (nSPS) is 24.2. The molecule has 1 aliphatic heterocycles. The lowest BCUT2D eigenvalue weighted by Crippen LogP contribution is -2.53. The van der Waals surface area contributed by atoms with Crippen molar-refractivity contribution >= 4 is 39.9 Å². The van der Waals surface area contributed by atoms with E-state index in [1.165, 1.54) is 20.3 Å². The molecule has 2 N–H and O–H groups in total. The summed E-state index contributed by atoms with van der Waals surface area (Å²) in [7, 11) is 0. The average Bonchev–Trinajstić information content (AvgIpc) is 2.45. The molecule has 1 aromatic carbocycles. The fraction of sp³-hybridized carbons (Fsp3) is 0.529. The maximum Gasteiger partial charge on any atom is 0.0773 e. The second kappa shape index (κ2) is 6.88. The lowest BCUT2D eigenvalue weighted by atomic mass is 9.81. The van der Waals surface area contributed by atoms with Crippen molar-refractivity contribution in [1.82, 2.24) is 0 Å². The maximum atomic E-state index is 9.98. The quantitative estimate of drug-likeness (QED) is 0.420. The van der Waals surface area contributed by atoms with Gasteiger partial charge in [0.25, 0.3) is 0 Å². The van der Waals surface area contributed by atoms with Crippen molar-refractivity contribution in [3.63, 3.8) is 0 Å². The summed E-state index contributed by atoms with van der Waals surface area (Å²) in [4.78, 5) is 0. The van der Waals surface area contributed by atoms with Crippen LogP contribution >= 0.6 is 34.2 Å². The van der Waals surface area contributed by atoms with E-state index in [2.05, 4.69) is 66.9 Å². The molecule has 0 fully saturated rings. The van der Waals surface area contributed by atoms with Gasteiger partial charge >= 0.3 is 0 Å². The van der Waals surface area contributed by atoms with Crippen molar-refractivity contribution in [2.45, 2.75) is 50.9 Å². The summed E-state index contributed by atoms with van der Waals surface area (Å²) in [6.07, 6.45) is 2.61. The van der Waals surface area contributed by atoms with Crippen LogP contribution < -0.4 is 5.32 Å². The highest BCUT2D eigenvalue weighted by atomic mass is 127. The molecule has 1 heterocycles. The number of hydrogen-bond acceptors (Lipinski definition) is 2. The summed E-state index contributed by atoms with van der Waals surface area (Å²) in [6, 6.07) is 6.35. The van der Waals surface area contributed by atoms with Crippen molar-refractivity contribution in [2.75, 3.05) is 11.9 Å². The zero-order valence-corrected chi connectivity index (χ0v) is 15.8. The first-order valence-electron chi connectivity index (χ1n) is 7.32. The number of hydrogen-bond donors (Lipinski definition) is 2. The smallest absolute Gasteiger partial charge is 0.0773 e. The molecule has 2 atom stereocenters. The monoisotopic (exact) mass is 419 g/mol. The van der Waals surface area contributed by atoms with Crippen molar-refractivity contribution in [2.24, 2.45) is 0 Å². The fourth-order valence-electron chi connectivity index (χ4n) is 2.69. The van der Waals surface area contributed by atoms with Crippen LogP contribution in [0.5, 0.6) is 0 Å². The van der Waals surface area contributed by atoms with Crippen LogP contribution in [0.15, 0.2) is 29.3 Å². The van der Waals surface area contributed by atoms with Gasteiger partial charge in [-0.1, -0.05) is 11.1 Å². The van der Waals surface area contributed by atoms with E-state index in [9.17, 15) is 5.11 Å². The maximum absolute atomic E-state index is 9.98. The molecular formula is C17H23ClINO. The van der Waals surface area contributed by atoms with Crippen molar-refractivity contribution < 1.29 is 5.11 Å². The van der Waals surface area contributed by atoms with E-state index in [4.69, 9.17) is 11.6 Å². The van der Waals surface area contributed by atoms with Crippen molar-refractivity contribution in [3.8, 4) is 0 Å². The number of fused-ring (bicyclic) bond motifs is 1. The van der Waals surface area contributed by atoms with Crippen LogP contribution in [0.4, 0.5) is 5.69 Å². The zero-order valence-electron chi connectivity index (χ0n) is 12.8. The van der Waals surface area contributed by atoms with E-state index < -0.39 is 5.54 Å². The molecule has 2 nitrogen and oxygen atoms in total. The Morgan fingerprint density at radius 1 is 1.43 bits per heavy atom. The van der Waals surface area contributed by atoms with E-state index in [1.54, 1.807) is 0 Å². The lowest BCUT2D eigenvalue weighted by molar-refractivity contribution is 0.193. The van der Waals surface area contributed by atoms with E-state index in [1.807, 2.05) is 0 Å². The van der Waals surface area contributed by atoms with Gasteiger partial charge in [0.1, 0.15) is 0 Å². The Hall–Kier alpha value is -0.260. The van der Waals surface area contributed by atoms with Crippen LogP contribution in [0.25, 0.3) is 0 Å². The highest BCUT2D eigenvalue weighted by Crippen LogP contribution is 2.38. The largest absolute Gasteiger partial charge is 0.394 e. The molecular weight excluding hydrogens is 397 g/mol. The SMILES string of the molecule is CC(C)=C(C)CC[C@]1(CO)Nc2ccc(I)cc2C[C@H]1Cl. The Kier molecular flexibility index (Phi) is 5.60. The van der Waals surface area contributed by atoms with Gasteiger partial charge in [0.05, 0.1) is 17.5 Å². The van der Waals surface area contributed by atoms with Crippen LogP contribution in [0, 0.1) is 3.57 Å². The lowest BCUT2D eigenvalue weighted by Gasteiger charge is -2.43. The molecule has 0 spiro atoms. The number of nitrogens with one attached hydrogen (secondary N) is 1. The molecule has 0 bridgehead atoms. The summed E-state index contributed by atoms with van der Waals surface area (Å²) in [6.45, 7) is 6.47. The number of benzene rings is 1. The first kappa shape index (κ1) is 17.1. The Labute approximate surface area is 146 Å². The van der Waals surface area contributed by atoms with Crippen LogP contribution in [0.1, 0.15) is 39.2 Å². The molecule has 116 valence electrons. The predicted octanol–water partition coefficient (Wildman–Crippen LogP) is 4.73. The summed E-state index contributed by atoms with van der Waals surface area (Å²) < 4.78 is 1.22. The molecule has 0 saturated carbocycles. The standard InChI is InChI=1S/C17H23ClINO/c1-11(2)12(3)6-7-17(10-21)16(18)9-13-8-14(19)4-5-15(13)20-17/h4-5,8,16,20-21H,6-7,9-10H2,1-3H3/t16-,17-/m1/s1. The molecule has 0 amide bonds. The van der Waals surface area contributed by atoms with E-state index >= 15 is 0 Å². The molecule has 21 heavy (non-hydrogen) atoms. The topological polar surface area (TPSA) is 32.3 Å². The Bertz CT molecular complexity index is 554. The molecule has 0 unspecified atom stereocenters. The Morgan fingerprint density at radius 2 is 2.14 bits per heavy atom. The van der Waals surface area contributed by atoms with Crippen LogP contribution in [-0.2, 0) is 6.42 Å². The van der Waals surface area contributed by atoms with Gasteiger partial charge in [-0.15, -0.1) is 11.6 Å². The minimum Gasteiger partial charge on any atom is -0.394 e. The molecule has 0 radical (unpaired) electrons. The summed E-state index contributed by atoms with van der Waals surface area (Å²) in [5.41, 5.74) is 4.64. The summed E-state index contributed by atoms with van der Waals surface area (Å²) >= 11 is 8.96. The van der Waals surface area contributed by atoms with Gasteiger partial charge in [-0.05, 0) is 86.4 Å². The first-order valence-corrected chi connectivity index (χ1v) is 8.84.